The maximum atomic E-state index is 6.30. The van der Waals surface area contributed by atoms with E-state index in [1.807, 2.05) is 12.1 Å². The summed E-state index contributed by atoms with van der Waals surface area (Å²) in [6.07, 6.45) is 0. The Hall–Kier alpha value is -8.40. The lowest BCUT2D eigenvalue weighted by Crippen LogP contribution is -2.10. The average molecular weight is 805 g/mol. The van der Waals surface area contributed by atoms with Gasteiger partial charge in [-0.3, -0.25) is 0 Å². The number of aromatic nitrogens is 1. The van der Waals surface area contributed by atoms with Crippen molar-refractivity contribution in [3.05, 3.63) is 243 Å². The van der Waals surface area contributed by atoms with E-state index in [1.165, 1.54) is 44.1 Å². The molecule has 296 valence electrons. The largest absolute Gasteiger partial charge is 0.456 e. The smallest absolute Gasteiger partial charge is 0.136 e. The number of benzene rings is 10. The van der Waals surface area contributed by atoms with Crippen molar-refractivity contribution >= 4 is 60.8 Å². The van der Waals surface area contributed by atoms with E-state index >= 15 is 0 Å². The summed E-state index contributed by atoms with van der Waals surface area (Å²) >= 11 is 0. The van der Waals surface area contributed by atoms with Crippen LogP contribution in [0.3, 0.4) is 0 Å². The second kappa shape index (κ2) is 15.3. The van der Waals surface area contributed by atoms with Crippen LogP contribution in [0.15, 0.2) is 247 Å². The van der Waals surface area contributed by atoms with Gasteiger partial charge in [0.05, 0.1) is 16.7 Å². The predicted octanol–water partition coefficient (Wildman–Crippen LogP) is 16.8. The molecule has 12 aromatic rings. The van der Waals surface area contributed by atoms with Gasteiger partial charge in [0.25, 0.3) is 0 Å². The summed E-state index contributed by atoms with van der Waals surface area (Å²) in [5.41, 5.74) is 17.9. The highest BCUT2D eigenvalue weighted by Gasteiger charge is 2.18. The molecular formula is C60H40N2O. The molecule has 0 amide bonds. The molecular weight excluding hydrogens is 765 g/mol. The van der Waals surface area contributed by atoms with Crippen LogP contribution in [-0.4, -0.2) is 4.57 Å². The highest BCUT2D eigenvalue weighted by atomic mass is 16.3. The number of hydrogen-bond donors (Lipinski definition) is 0. The van der Waals surface area contributed by atoms with Crippen molar-refractivity contribution in [2.75, 3.05) is 4.90 Å². The van der Waals surface area contributed by atoms with Gasteiger partial charge in [0, 0.05) is 44.2 Å². The van der Waals surface area contributed by atoms with Crippen molar-refractivity contribution in [1.29, 1.82) is 0 Å². The topological polar surface area (TPSA) is 21.3 Å². The number of fused-ring (bicyclic) bond motifs is 6. The molecule has 0 atom stereocenters. The fourth-order valence-corrected chi connectivity index (χ4v) is 9.44. The molecule has 3 heteroatoms. The van der Waals surface area contributed by atoms with Crippen LogP contribution < -0.4 is 4.90 Å². The first-order chi connectivity index (χ1) is 31.2. The van der Waals surface area contributed by atoms with Crippen LogP contribution in [0, 0.1) is 0 Å². The predicted molar refractivity (Wildman–Crippen MR) is 264 cm³/mol. The van der Waals surface area contributed by atoms with Gasteiger partial charge in [-0.25, -0.2) is 0 Å². The van der Waals surface area contributed by atoms with Crippen LogP contribution >= 0.6 is 0 Å². The summed E-state index contributed by atoms with van der Waals surface area (Å²) < 4.78 is 8.71. The standard InChI is InChI=1S/C60H40N2O/c1-2-14-41(15-3-1)42-26-33-46(34-27-42)61(47-35-28-43(29-36-47)49-16-4-5-17-50(49)45-32-39-55-54-21-9-13-25-59(54)63-60(55)40-45)48-37-30-44(31-38-48)51-18-6-10-22-56(51)62-57-23-11-7-19-52(57)53-20-8-12-24-58(53)62/h1-40H. The lowest BCUT2D eigenvalue weighted by Gasteiger charge is -2.26. The van der Waals surface area contributed by atoms with E-state index in [0.29, 0.717) is 0 Å². The third kappa shape index (κ3) is 6.38. The minimum Gasteiger partial charge on any atom is -0.456 e. The van der Waals surface area contributed by atoms with Crippen LogP contribution in [0.2, 0.25) is 0 Å². The molecule has 0 fully saturated rings. The lowest BCUT2D eigenvalue weighted by atomic mass is 9.94. The summed E-state index contributed by atoms with van der Waals surface area (Å²) in [7, 11) is 0. The first-order valence-corrected chi connectivity index (χ1v) is 21.5. The Bertz CT molecular complexity index is 3550. The Balaban J connectivity index is 0.930. The van der Waals surface area contributed by atoms with E-state index in [9.17, 15) is 0 Å². The van der Waals surface area contributed by atoms with Gasteiger partial charge >= 0.3 is 0 Å². The summed E-state index contributed by atoms with van der Waals surface area (Å²) in [4.78, 5) is 2.35. The Kier molecular flexibility index (Phi) is 8.83. The third-order valence-corrected chi connectivity index (χ3v) is 12.4. The van der Waals surface area contributed by atoms with E-state index in [2.05, 4.69) is 240 Å². The highest BCUT2D eigenvalue weighted by Crippen LogP contribution is 2.42. The van der Waals surface area contributed by atoms with Gasteiger partial charge < -0.3 is 13.9 Å². The summed E-state index contributed by atoms with van der Waals surface area (Å²) in [5.74, 6) is 0. The molecule has 0 saturated carbocycles. The van der Waals surface area contributed by atoms with Gasteiger partial charge in [0.1, 0.15) is 11.2 Å². The molecule has 0 spiro atoms. The zero-order valence-corrected chi connectivity index (χ0v) is 34.4. The van der Waals surface area contributed by atoms with E-state index in [4.69, 9.17) is 4.42 Å². The van der Waals surface area contributed by atoms with Gasteiger partial charge in [-0.1, -0.05) is 170 Å². The highest BCUT2D eigenvalue weighted by molar-refractivity contribution is 6.10. The zero-order chi connectivity index (χ0) is 41.7. The molecule has 2 aromatic heterocycles. The summed E-state index contributed by atoms with van der Waals surface area (Å²) in [5, 5.41) is 4.78. The molecule has 0 aliphatic heterocycles. The second-order valence-electron chi connectivity index (χ2n) is 16.1. The first-order valence-electron chi connectivity index (χ1n) is 21.5. The summed E-state index contributed by atoms with van der Waals surface area (Å²) in [6.45, 7) is 0. The fourth-order valence-electron chi connectivity index (χ4n) is 9.44. The van der Waals surface area contributed by atoms with E-state index in [-0.39, 0.29) is 0 Å². The third-order valence-electron chi connectivity index (χ3n) is 12.4. The fraction of sp³-hybridized carbons (Fsp3) is 0. The van der Waals surface area contributed by atoms with Crippen molar-refractivity contribution in [2.45, 2.75) is 0 Å². The minimum absolute atomic E-state index is 0.897. The second-order valence-corrected chi connectivity index (χ2v) is 16.1. The Morgan fingerprint density at radius 3 is 1.35 bits per heavy atom. The van der Waals surface area contributed by atoms with Crippen LogP contribution in [0.4, 0.5) is 17.1 Å². The molecule has 12 rings (SSSR count). The Morgan fingerprint density at radius 2 is 0.714 bits per heavy atom. The van der Waals surface area contributed by atoms with Crippen molar-refractivity contribution in [3.63, 3.8) is 0 Å². The van der Waals surface area contributed by atoms with Crippen LogP contribution in [-0.2, 0) is 0 Å². The van der Waals surface area contributed by atoms with Gasteiger partial charge in [0.15, 0.2) is 0 Å². The van der Waals surface area contributed by atoms with Crippen molar-refractivity contribution in [2.24, 2.45) is 0 Å². The zero-order valence-electron chi connectivity index (χ0n) is 34.4. The number of nitrogens with zero attached hydrogens (tertiary/aromatic N) is 2. The number of anilines is 3. The molecule has 3 nitrogen and oxygen atoms in total. The molecule has 63 heavy (non-hydrogen) atoms. The molecule has 0 aliphatic carbocycles. The number of hydrogen-bond acceptors (Lipinski definition) is 2. The Morgan fingerprint density at radius 1 is 0.286 bits per heavy atom. The molecule has 0 unspecified atom stereocenters. The van der Waals surface area contributed by atoms with Crippen molar-refractivity contribution in [1.82, 2.24) is 4.57 Å². The van der Waals surface area contributed by atoms with Gasteiger partial charge in [-0.2, -0.15) is 0 Å². The van der Waals surface area contributed by atoms with E-state index in [1.54, 1.807) is 0 Å². The number of furan rings is 1. The molecule has 0 radical (unpaired) electrons. The normalized spacial score (nSPS) is 11.5. The maximum absolute atomic E-state index is 6.30. The van der Waals surface area contributed by atoms with Crippen LogP contribution in [0.25, 0.3) is 93.9 Å². The average Bonchev–Trinajstić information content (AvgIpc) is 3.90. The SMILES string of the molecule is c1ccc(-c2ccc(N(c3ccc(-c4ccccc4-c4ccc5c(c4)oc4ccccc45)cc3)c3ccc(-c4ccccc4-n4c5ccccc5c5ccccc54)cc3)cc2)cc1. The van der Waals surface area contributed by atoms with Gasteiger partial charge in [0.2, 0.25) is 0 Å². The number of para-hydroxylation sites is 4. The van der Waals surface area contributed by atoms with Crippen LogP contribution in [0.5, 0.6) is 0 Å². The molecule has 0 bridgehead atoms. The molecule has 0 N–H and O–H groups in total. The Labute approximate surface area is 366 Å². The monoisotopic (exact) mass is 804 g/mol. The first kappa shape index (κ1) is 36.5. The molecule has 2 heterocycles. The van der Waals surface area contributed by atoms with E-state index in [0.717, 1.165) is 66.9 Å². The maximum Gasteiger partial charge on any atom is 0.136 e. The summed E-state index contributed by atoms with van der Waals surface area (Å²) in [6, 6.07) is 87.1. The van der Waals surface area contributed by atoms with Gasteiger partial charge in [-0.05, 0) is 112 Å². The molecule has 0 saturated heterocycles. The van der Waals surface area contributed by atoms with Crippen molar-refractivity contribution < 1.29 is 4.42 Å². The minimum atomic E-state index is 0.897. The lowest BCUT2D eigenvalue weighted by molar-refractivity contribution is 0.669. The molecule has 10 aromatic carbocycles. The van der Waals surface area contributed by atoms with Gasteiger partial charge in [-0.15, -0.1) is 0 Å². The van der Waals surface area contributed by atoms with Crippen molar-refractivity contribution in [3.8, 4) is 50.2 Å². The molecule has 0 aliphatic rings. The van der Waals surface area contributed by atoms with Crippen LogP contribution in [0.1, 0.15) is 0 Å². The number of rotatable bonds is 8. The quantitative estimate of drug-likeness (QED) is 0.153. The van der Waals surface area contributed by atoms with E-state index < -0.39 is 0 Å².